The van der Waals surface area contributed by atoms with Crippen molar-refractivity contribution in [2.75, 3.05) is 0 Å². The van der Waals surface area contributed by atoms with Crippen molar-refractivity contribution in [1.29, 1.82) is 0 Å². The topological polar surface area (TPSA) is 265 Å². The summed E-state index contributed by atoms with van der Waals surface area (Å²) in [5.74, 6) is 0. The zero-order chi connectivity index (χ0) is 14.3. The average molecular weight is 366 g/mol. The molecule has 0 heterocycles. The van der Waals surface area contributed by atoms with Crippen molar-refractivity contribution in [3.05, 3.63) is 61.3 Å². The first-order valence-electron chi connectivity index (χ1n) is 2.19. The normalized spacial score (nSPS) is 5.33. The predicted molar refractivity (Wildman–Crippen MR) is 49.4 cm³/mol. The second kappa shape index (κ2) is 29.5. The molecule has 0 saturated carbocycles. The van der Waals surface area contributed by atoms with E-state index in [9.17, 15) is 0 Å². The van der Waals surface area contributed by atoms with E-state index in [2.05, 4.69) is 0 Å². The van der Waals surface area contributed by atoms with Crippen LogP contribution in [0.3, 0.4) is 0 Å². The first-order valence-corrected chi connectivity index (χ1v) is 2.19. The molecule has 0 N–H and O–H groups in total. The Balaban J connectivity index is -0.0000000150. The largest absolute Gasteiger partial charge is 4.00 e. The monoisotopic (exact) mass is 364 g/mol. The van der Waals surface area contributed by atoms with Crippen LogP contribution in [0.25, 0.3) is 0 Å². The van der Waals surface area contributed by atoms with Crippen LogP contribution in [0, 0.1) is 61.3 Å². The fraction of sp³-hybridized carbons (Fsp3) is 0. The number of rotatable bonds is 0. The molecule has 0 aliphatic carbocycles. The zero-order valence-corrected chi connectivity index (χ0v) is 11.8. The molecular formula is H2MgN4O12Zr. The van der Waals surface area contributed by atoms with Crippen LogP contribution in [0.5, 0.6) is 0 Å². The van der Waals surface area contributed by atoms with Crippen molar-refractivity contribution in [2.45, 2.75) is 0 Å². The number of hydrogen-bond donors (Lipinski definition) is 0. The molecule has 0 spiro atoms. The van der Waals surface area contributed by atoms with Gasteiger partial charge >= 0.3 is 49.3 Å². The third-order valence-electron chi connectivity index (χ3n) is 0. The van der Waals surface area contributed by atoms with Crippen molar-refractivity contribution in [3.8, 4) is 0 Å². The van der Waals surface area contributed by atoms with Gasteiger partial charge in [-0.25, -0.2) is 0 Å². The molecule has 0 unspecified atom stereocenters. The summed E-state index contributed by atoms with van der Waals surface area (Å²) in [5, 5.41) is 59.0. The molecule has 0 radical (unpaired) electrons. The summed E-state index contributed by atoms with van der Waals surface area (Å²) < 4.78 is 0. The van der Waals surface area contributed by atoms with Crippen LogP contribution >= 0.6 is 0 Å². The minimum Gasteiger partial charge on any atom is -1.00 e. The van der Waals surface area contributed by atoms with Gasteiger partial charge in [0.25, 0.3) is 0 Å². The third-order valence-corrected chi connectivity index (χ3v) is 0. The molecular weight excluding hydrogens is 364 g/mol. The molecule has 0 aliphatic heterocycles. The SMILES string of the molecule is O=[N+]([O-])[O-].O=[N+]([O-])[O-].O=[N+]([O-])[O-].O=[N+]([O-])[O-].[H-].[H-].[Mg+2].[Zr+4]. The van der Waals surface area contributed by atoms with Crippen molar-refractivity contribution in [2.24, 2.45) is 0 Å². The Morgan fingerprint density at radius 1 is 0.500 bits per heavy atom. The Bertz CT molecular complexity index is 173. The molecule has 0 amide bonds. The zero-order valence-electron chi connectivity index (χ0n) is 9.89. The van der Waals surface area contributed by atoms with E-state index in [-0.39, 0.29) is 52.1 Å². The van der Waals surface area contributed by atoms with Crippen LogP contribution in [-0.4, -0.2) is 43.4 Å². The number of nitrogens with zero attached hydrogens (tertiary/aromatic N) is 4. The Kier molecular flexibility index (Phi) is 59.0. The fourth-order valence-electron chi connectivity index (χ4n) is 0. The molecule has 18 heteroatoms. The molecule has 18 heavy (non-hydrogen) atoms. The quantitative estimate of drug-likeness (QED) is 0.280. The van der Waals surface area contributed by atoms with Gasteiger partial charge in [0.05, 0.1) is 20.3 Å². The summed E-state index contributed by atoms with van der Waals surface area (Å²) in [6.07, 6.45) is 0. The van der Waals surface area contributed by atoms with Gasteiger partial charge in [0.1, 0.15) is 0 Å². The first kappa shape index (κ1) is 36.0. The van der Waals surface area contributed by atoms with Crippen molar-refractivity contribution in [3.63, 3.8) is 0 Å². The Hall–Kier alpha value is -1.55. The average Bonchev–Trinajstić information content (AvgIpc) is 1.76. The Morgan fingerprint density at radius 3 is 0.500 bits per heavy atom. The Morgan fingerprint density at radius 2 is 0.500 bits per heavy atom. The molecule has 0 aliphatic rings. The molecule has 16 nitrogen and oxygen atoms in total. The minimum atomic E-state index is -1.75. The van der Waals surface area contributed by atoms with Crippen molar-refractivity contribution < 1.29 is 49.4 Å². The van der Waals surface area contributed by atoms with Crippen LogP contribution in [-0.2, 0) is 26.2 Å². The van der Waals surface area contributed by atoms with E-state index in [1.165, 1.54) is 0 Å². The molecule has 0 aromatic heterocycles. The number of hydrogen-bond acceptors (Lipinski definition) is 12. The van der Waals surface area contributed by atoms with Gasteiger partial charge < -0.3 is 64.1 Å². The first-order chi connectivity index (χ1) is 6.93. The van der Waals surface area contributed by atoms with Gasteiger partial charge in [0.15, 0.2) is 0 Å². The maximum absolute atomic E-state index is 8.25. The fourth-order valence-corrected chi connectivity index (χ4v) is 0. The molecule has 0 saturated heterocycles. The van der Waals surface area contributed by atoms with Crippen LogP contribution in [0.1, 0.15) is 2.85 Å². The van der Waals surface area contributed by atoms with Gasteiger partial charge in [-0.3, -0.25) is 0 Å². The second-order valence-corrected chi connectivity index (χ2v) is 0.894. The summed E-state index contributed by atoms with van der Waals surface area (Å²) in [4.78, 5) is 33.0. The Labute approximate surface area is 133 Å². The van der Waals surface area contributed by atoms with E-state index < -0.39 is 20.3 Å². The van der Waals surface area contributed by atoms with Gasteiger partial charge in [0.2, 0.25) is 0 Å². The van der Waals surface area contributed by atoms with Gasteiger partial charge in [0, 0.05) is 0 Å². The van der Waals surface area contributed by atoms with E-state index in [0.29, 0.717) is 0 Å². The molecule has 100 valence electrons. The standard InChI is InChI=1S/Mg.4NO3.Zr.2H/c;4*2-1(3)4;;;/q+2;4*-1;+4;2*-1. The van der Waals surface area contributed by atoms with Crippen LogP contribution < -0.4 is 0 Å². The van der Waals surface area contributed by atoms with E-state index in [4.69, 9.17) is 61.3 Å². The smallest absolute Gasteiger partial charge is 1.00 e. The summed E-state index contributed by atoms with van der Waals surface area (Å²) in [6, 6.07) is 0. The summed E-state index contributed by atoms with van der Waals surface area (Å²) >= 11 is 0. The summed E-state index contributed by atoms with van der Waals surface area (Å²) in [6.45, 7) is 0. The van der Waals surface area contributed by atoms with E-state index in [1.54, 1.807) is 0 Å². The summed E-state index contributed by atoms with van der Waals surface area (Å²) in [7, 11) is 0. The minimum absolute atomic E-state index is 0. The van der Waals surface area contributed by atoms with Crippen LogP contribution in [0.15, 0.2) is 0 Å². The van der Waals surface area contributed by atoms with E-state index in [1.807, 2.05) is 0 Å². The second-order valence-electron chi connectivity index (χ2n) is 0.894. The van der Waals surface area contributed by atoms with Gasteiger partial charge in [-0.1, -0.05) is 0 Å². The summed E-state index contributed by atoms with van der Waals surface area (Å²) in [5.41, 5.74) is 0. The molecule has 0 fully saturated rings. The predicted octanol–water partition coefficient (Wildman–Crippen LogP) is -1.11. The molecule has 0 aromatic carbocycles. The van der Waals surface area contributed by atoms with E-state index >= 15 is 0 Å². The third kappa shape index (κ3) is 1090. The van der Waals surface area contributed by atoms with Gasteiger partial charge in [-0.05, 0) is 0 Å². The van der Waals surface area contributed by atoms with Gasteiger partial charge in [-0.2, -0.15) is 0 Å². The van der Waals surface area contributed by atoms with Crippen LogP contribution in [0.4, 0.5) is 0 Å². The van der Waals surface area contributed by atoms with Crippen molar-refractivity contribution in [1.82, 2.24) is 0 Å². The maximum Gasteiger partial charge on any atom is 4.00 e. The van der Waals surface area contributed by atoms with Crippen molar-refractivity contribution >= 4 is 23.1 Å². The van der Waals surface area contributed by atoms with Crippen LogP contribution in [0.2, 0.25) is 0 Å². The molecule has 0 bridgehead atoms. The maximum atomic E-state index is 8.25. The molecule has 0 atom stereocenters. The molecule has 0 aromatic rings. The van der Waals surface area contributed by atoms with Gasteiger partial charge in [-0.15, -0.1) is 0 Å². The van der Waals surface area contributed by atoms with E-state index in [0.717, 1.165) is 0 Å². The molecule has 0 rings (SSSR count).